The maximum atomic E-state index is 5.12. The van der Waals surface area contributed by atoms with Crippen molar-refractivity contribution in [3.63, 3.8) is 0 Å². The van der Waals surface area contributed by atoms with E-state index in [0.29, 0.717) is 6.04 Å². The minimum atomic E-state index is 0.0185. The quantitative estimate of drug-likeness (QED) is 0.547. The Labute approximate surface area is 67.8 Å². The molecule has 1 aliphatic heterocycles. The van der Waals surface area contributed by atoms with Gasteiger partial charge in [0.15, 0.2) is 0 Å². The molecule has 1 fully saturated rings. The van der Waals surface area contributed by atoms with E-state index in [1.54, 1.807) is 0 Å². The van der Waals surface area contributed by atoms with E-state index < -0.39 is 0 Å². The third kappa shape index (κ3) is 1.63. The molecule has 59 valence electrons. The second-order valence-corrected chi connectivity index (χ2v) is 3.20. The predicted molar refractivity (Wildman–Crippen MR) is 43.3 cm³/mol. The van der Waals surface area contributed by atoms with Crippen LogP contribution in [0, 0.1) is 6.67 Å². The highest BCUT2D eigenvalue weighted by Gasteiger charge is 2.20. The Balaban J connectivity index is 2.46. The molecular formula is C6H13N3S-. The van der Waals surface area contributed by atoms with Crippen LogP contribution in [0.5, 0.6) is 0 Å². The molecule has 1 aliphatic rings. The van der Waals surface area contributed by atoms with Crippen LogP contribution in [0.15, 0.2) is 0 Å². The summed E-state index contributed by atoms with van der Waals surface area (Å²) in [7, 11) is 1.95. The molecule has 0 amide bonds. The van der Waals surface area contributed by atoms with Gasteiger partial charge in [-0.05, 0) is 19.3 Å². The van der Waals surface area contributed by atoms with Crippen LogP contribution in [-0.4, -0.2) is 28.5 Å². The van der Waals surface area contributed by atoms with Gasteiger partial charge in [0.25, 0.3) is 0 Å². The number of rotatable bonds is 1. The van der Waals surface area contributed by atoms with Gasteiger partial charge in [-0.3, -0.25) is 10.3 Å². The lowest BCUT2D eigenvalue weighted by molar-refractivity contribution is 0.282. The number of hydrogen-bond acceptors (Lipinski definition) is 4. The second-order valence-electron chi connectivity index (χ2n) is 2.75. The Bertz CT molecular complexity index is 118. The summed E-state index contributed by atoms with van der Waals surface area (Å²) >= 11 is 5.12. The molecule has 4 heteroatoms. The molecule has 0 saturated carbocycles. The molecule has 0 aliphatic carbocycles. The van der Waals surface area contributed by atoms with Crippen LogP contribution in [0.4, 0.5) is 0 Å². The number of nitrogens with zero attached hydrogens (tertiary/aromatic N) is 2. The van der Waals surface area contributed by atoms with Crippen LogP contribution >= 0.6 is 0 Å². The molecule has 0 bridgehead atoms. The van der Waals surface area contributed by atoms with Crippen LogP contribution in [0.2, 0.25) is 0 Å². The maximum absolute atomic E-state index is 5.12. The van der Waals surface area contributed by atoms with Gasteiger partial charge in [0.1, 0.15) is 6.67 Å². The highest BCUT2D eigenvalue weighted by atomic mass is 32.1. The first-order valence-electron chi connectivity index (χ1n) is 3.38. The largest absolute Gasteiger partial charge is 0.757 e. The zero-order chi connectivity index (χ0) is 7.72. The SMILES string of the molecule is CC(C)N1[CH]N(C)NC1[S-]. The Kier molecular flexibility index (Phi) is 2.57. The van der Waals surface area contributed by atoms with Crippen molar-refractivity contribution in [1.82, 2.24) is 15.3 Å². The minimum Gasteiger partial charge on any atom is -0.757 e. The van der Waals surface area contributed by atoms with Crippen molar-refractivity contribution in [2.75, 3.05) is 7.05 Å². The standard InChI is InChI=1S/C6H14N3S/c1-5(2)9-4-8(3)7-6(9)10/h4-7,10H,1-3H3/p-1. The molecule has 1 N–H and O–H groups in total. The molecule has 1 atom stereocenters. The van der Waals surface area contributed by atoms with E-state index in [1.165, 1.54) is 0 Å². The summed E-state index contributed by atoms with van der Waals surface area (Å²) in [6, 6.07) is 0.472. The summed E-state index contributed by atoms with van der Waals surface area (Å²) in [4.78, 5) is 2.09. The van der Waals surface area contributed by atoms with E-state index in [2.05, 4.69) is 24.2 Å². The fraction of sp³-hybridized carbons (Fsp3) is 0.833. The van der Waals surface area contributed by atoms with Crippen LogP contribution < -0.4 is 5.43 Å². The number of nitrogens with one attached hydrogen (secondary N) is 1. The minimum absolute atomic E-state index is 0.0185. The van der Waals surface area contributed by atoms with Gasteiger partial charge in [0, 0.05) is 13.1 Å². The highest BCUT2D eigenvalue weighted by molar-refractivity contribution is 7.59. The van der Waals surface area contributed by atoms with Crippen molar-refractivity contribution in [2.24, 2.45) is 0 Å². The summed E-state index contributed by atoms with van der Waals surface area (Å²) in [6.07, 6.45) is 0. The molecule has 0 aromatic heterocycles. The molecule has 0 spiro atoms. The van der Waals surface area contributed by atoms with E-state index in [0.717, 1.165) is 0 Å². The van der Waals surface area contributed by atoms with Gasteiger partial charge in [0.05, 0.1) is 0 Å². The molecule has 1 radical (unpaired) electrons. The van der Waals surface area contributed by atoms with Gasteiger partial charge < -0.3 is 12.6 Å². The van der Waals surface area contributed by atoms with Gasteiger partial charge in [-0.25, -0.2) is 5.01 Å². The van der Waals surface area contributed by atoms with Gasteiger partial charge in [-0.15, -0.1) is 0 Å². The van der Waals surface area contributed by atoms with Crippen molar-refractivity contribution >= 4 is 12.6 Å². The van der Waals surface area contributed by atoms with Gasteiger partial charge in [-0.2, -0.15) is 0 Å². The first-order valence-corrected chi connectivity index (χ1v) is 3.85. The average Bonchev–Trinajstić information content (AvgIpc) is 2.10. The fourth-order valence-corrected chi connectivity index (χ4v) is 1.40. The molecule has 0 aromatic carbocycles. The van der Waals surface area contributed by atoms with Gasteiger partial charge in [-0.1, -0.05) is 0 Å². The lowest BCUT2D eigenvalue weighted by Crippen LogP contribution is -2.37. The Morgan fingerprint density at radius 3 is 2.40 bits per heavy atom. The second kappa shape index (κ2) is 3.09. The van der Waals surface area contributed by atoms with E-state index in [1.807, 2.05) is 18.7 Å². The van der Waals surface area contributed by atoms with Crippen molar-refractivity contribution in [3.05, 3.63) is 6.67 Å². The molecule has 0 aromatic rings. The summed E-state index contributed by atoms with van der Waals surface area (Å²) in [5.41, 5.74) is 3.09. The molecule has 1 heterocycles. The monoisotopic (exact) mass is 159 g/mol. The van der Waals surface area contributed by atoms with E-state index in [-0.39, 0.29) is 5.50 Å². The Morgan fingerprint density at radius 1 is 1.60 bits per heavy atom. The predicted octanol–water partition coefficient (Wildman–Crippen LogP) is 0.0966. The summed E-state index contributed by atoms with van der Waals surface area (Å²) in [5.74, 6) is 0. The highest BCUT2D eigenvalue weighted by Crippen LogP contribution is 2.12. The van der Waals surface area contributed by atoms with Crippen LogP contribution in [0.3, 0.4) is 0 Å². The van der Waals surface area contributed by atoms with Crippen molar-refractivity contribution < 1.29 is 0 Å². The molecule has 1 saturated heterocycles. The fourth-order valence-electron chi connectivity index (χ4n) is 0.939. The van der Waals surface area contributed by atoms with Crippen molar-refractivity contribution in [1.29, 1.82) is 0 Å². The zero-order valence-corrected chi connectivity index (χ0v) is 7.35. The van der Waals surface area contributed by atoms with Crippen LogP contribution in [-0.2, 0) is 12.6 Å². The van der Waals surface area contributed by atoms with Crippen LogP contribution in [0.1, 0.15) is 13.8 Å². The van der Waals surface area contributed by atoms with Gasteiger partial charge in [0.2, 0.25) is 0 Å². The molecule has 3 nitrogen and oxygen atoms in total. The third-order valence-corrected chi connectivity index (χ3v) is 1.84. The Morgan fingerprint density at radius 2 is 2.20 bits per heavy atom. The number of hydrazine groups is 1. The van der Waals surface area contributed by atoms with E-state index in [9.17, 15) is 0 Å². The smallest absolute Gasteiger partial charge is 0.106 e. The molecule has 1 rings (SSSR count). The molecule has 1 unspecified atom stereocenters. The van der Waals surface area contributed by atoms with Gasteiger partial charge >= 0.3 is 0 Å². The third-order valence-electron chi connectivity index (χ3n) is 1.49. The lowest BCUT2D eigenvalue weighted by atomic mass is 10.4. The lowest BCUT2D eigenvalue weighted by Gasteiger charge is -2.30. The summed E-state index contributed by atoms with van der Waals surface area (Å²) < 4.78 is 0. The zero-order valence-electron chi connectivity index (χ0n) is 6.53. The summed E-state index contributed by atoms with van der Waals surface area (Å²) in [6.45, 7) is 6.23. The van der Waals surface area contributed by atoms with E-state index in [4.69, 9.17) is 12.6 Å². The molecule has 10 heavy (non-hydrogen) atoms. The normalized spacial score (nSPS) is 30.3. The molecular weight excluding hydrogens is 146 g/mol. The average molecular weight is 159 g/mol. The Hall–Kier alpha value is 0.230. The number of hydrogen-bond donors (Lipinski definition) is 1. The van der Waals surface area contributed by atoms with Crippen molar-refractivity contribution in [3.8, 4) is 0 Å². The maximum Gasteiger partial charge on any atom is 0.106 e. The van der Waals surface area contributed by atoms with Crippen molar-refractivity contribution in [2.45, 2.75) is 25.4 Å². The van der Waals surface area contributed by atoms with Crippen LogP contribution in [0.25, 0.3) is 0 Å². The first-order chi connectivity index (χ1) is 4.61. The first kappa shape index (κ1) is 8.33. The summed E-state index contributed by atoms with van der Waals surface area (Å²) in [5, 5.41) is 1.89. The topological polar surface area (TPSA) is 18.5 Å². The van der Waals surface area contributed by atoms with E-state index >= 15 is 0 Å².